The number of carboxylic acids is 1. The molecule has 1 aliphatic heterocycles. The zero-order valence-corrected chi connectivity index (χ0v) is 48.8. The van der Waals surface area contributed by atoms with Gasteiger partial charge in [-0.05, 0) is 122 Å². The summed E-state index contributed by atoms with van der Waals surface area (Å²) in [5.41, 5.74) is 0. The van der Waals surface area contributed by atoms with Crippen LogP contribution in [0.4, 0.5) is 0 Å². The molecule has 0 aliphatic carbocycles. The number of rotatable bonds is 49. The first-order valence-corrected chi connectivity index (χ1v) is 30.2. The van der Waals surface area contributed by atoms with E-state index >= 15 is 0 Å². The Bertz CT molecular complexity index is 1880. The number of carboxylic acid groups (broad SMARTS) is 1. The van der Waals surface area contributed by atoms with Gasteiger partial charge in [-0.2, -0.15) is 0 Å². The first-order chi connectivity index (χ1) is 38.6. The molecule has 1 heterocycles. The lowest BCUT2D eigenvalue weighted by molar-refractivity contribution is -0.301. The Hall–Kier alpha value is -5.14. The highest BCUT2D eigenvalue weighted by Crippen LogP contribution is 2.26. The highest BCUT2D eigenvalue weighted by Gasteiger charge is 2.50. The number of aliphatic hydroxyl groups excluding tert-OH is 2. The average molecular weight is 1100 g/mol. The van der Waals surface area contributed by atoms with Gasteiger partial charge < -0.3 is 39.0 Å². The molecule has 6 atom stereocenters. The Morgan fingerprint density at radius 1 is 0.430 bits per heavy atom. The maximum Gasteiger partial charge on any atom is 0.335 e. The average Bonchev–Trinajstić information content (AvgIpc) is 3.46. The van der Waals surface area contributed by atoms with Gasteiger partial charge >= 0.3 is 23.9 Å². The monoisotopic (exact) mass is 1100 g/mol. The van der Waals surface area contributed by atoms with Gasteiger partial charge in [0.25, 0.3) is 0 Å². The minimum atomic E-state index is -1.93. The van der Waals surface area contributed by atoms with Crippen molar-refractivity contribution < 1.29 is 58.2 Å². The third kappa shape index (κ3) is 43.4. The van der Waals surface area contributed by atoms with E-state index < -0.39 is 67.3 Å². The lowest BCUT2D eigenvalue weighted by Crippen LogP contribution is -2.61. The van der Waals surface area contributed by atoms with Gasteiger partial charge in [-0.1, -0.05) is 206 Å². The van der Waals surface area contributed by atoms with E-state index in [0.717, 1.165) is 148 Å². The second-order valence-corrected chi connectivity index (χ2v) is 19.9. The molecule has 0 aromatic rings. The van der Waals surface area contributed by atoms with Crippen molar-refractivity contribution in [3.05, 3.63) is 134 Å². The minimum absolute atomic E-state index is 0.0287. The molecule has 1 saturated heterocycles. The maximum absolute atomic E-state index is 13.1. The van der Waals surface area contributed by atoms with Crippen LogP contribution in [0.5, 0.6) is 0 Å². The predicted molar refractivity (Wildman–Crippen MR) is 321 cm³/mol. The van der Waals surface area contributed by atoms with Crippen LogP contribution in [0.25, 0.3) is 0 Å². The summed E-state index contributed by atoms with van der Waals surface area (Å²) in [6, 6.07) is 0. The number of allylic oxidation sites excluding steroid dienone is 22. The molecule has 0 amide bonds. The fourth-order valence-corrected chi connectivity index (χ4v) is 8.14. The second-order valence-electron chi connectivity index (χ2n) is 19.9. The van der Waals surface area contributed by atoms with Crippen LogP contribution in [0, 0.1) is 0 Å². The van der Waals surface area contributed by atoms with Crippen LogP contribution < -0.4 is 0 Å². The van der Waals surface area contributed by atoms with Gasteiger partial charge in [0.15, 0.2) is 24.6 Å². The van der Waals surface area contributed by atoms with Crippen molar-refractivity contribution >= 4 is 23.9 Å². The molecule has 12 nitrogen and oxygen atoms in total. The van der Waals surface area contributed by atoms with Gasteiger partial charge in [-0.3, -0.25) is 14.4 Å². The molecule has 0 aromatic heterocycles. The number of hydrogen-bond donors (Lipinski definition) is 3. The van der Waals surface area contributed by atoms with Crippen molar-refractivity contribution in [3.8, 4) is 0 Å². The van der Waals surface area contributed by atoms with Gasteiger partial charge in [0.2, 0.25) is 0 Å². The number of carbonyl (C=O) groups is 4. The van der Waals surface area contributed by atoms with Crippen molar-refractivity contribution in [1.82, 2.24) is 0 Å². The fraction of sp³-hybridized carbons (Fsp3) is 0.612. The molecule has 1 aliphatic rings. The third-order valence-electron chi connectivity index (χ3n) is 12.7. The summed E-state index contributed by atoms with van der Waals surface area (Å²) < 4.78 is 28.4. The van der Waals surface area contributed by atoms with E-state index in [1.807, 2.05) is 12.2 Å². The Morgan fingerprint density at radius 2 is 0.810 bits per heavy atom. The molecule has 1 rings (SSSR count). The molecule has 1 fully saturated rings. The number of esters is 3. The van der Waals surface area contributed by atoms with Gasteiger partial charge in [-0.25, -0.2) is 4.79 Å². The van der Waals surface area contributed by atoms with Crippen molar-refractivity contribution in [3.63, 3.8) is 0 Å². The molecule has 79 heavy (non-hydrogen) atoms. The van der Waals surface area contributed by atoms with E-state index in [1.165, 1.54) is 0 Å². The summed E-state index contributed by atoms with van der Waals surface area (Å²) >= 11 is 0. The number of carbonyl (C=O) groups excluding carboxylic acids is 3. The molecule has 0 bridgehead atoms. The van der Waals surface area contributed by atoms with Crippen LogP contribution in [0.1, 0.15) is 213 Å². The largest absolute Gasteiger partial charge is 0.479 e. The lowest BCUT2D eigenvalue weighted by atomic mass is 9.98. The zero-order valence-electron chi connectivity index (χ0n) is 48.8. The molecular formula is C67H104O12. The van der Waals surface area contributed by atoms with Crippen molar-refractivity contribution in [2.24, 2.45) is 0 Å². The Morgan fingerprint density at radius 3 is 1.25 bits per heavy atom. The molecule has 0 radical (unpaired) electrons. The highest BCUT2D eigenvalue weighted by molar-refractivity contribution is 5.74. The van der Waals surface area contributed by atoms with E-state index in [2.05, 4.69) is 142 Å². The Kier molecular flexibility index (Phi) is 48.7. The summed E-state index contributed by atoms with van der Waals surface area (Å²) in [5.74, 6) is -3.26. The molecule has 0 saturated carbocycles. The molecule has 3 N–H and O–H groups in total. The van der Waals surface area contributed by atoms with Crippen LogP contribution in [0.3, 0.4) is 0 Å². The summed E-state index contributed by atoms with van der Waals surface area (Å²) in [5, 5.41) is 31.5. The second kappa shape index (κ2) is 53.5. The summed E-state index contributed by atoms with van der Waals surface area (Å²) in [6.45, 7) is 5.62. The van der Waals surface area contributed by atoms with E-state index in [0.29, 0.717) is 25.7 Å². The number of hydrogen-bond acceptors (Lipinski definition) is 11. The summed E-state index contributed by atoms with van der Waals surface area (Å²) in [6.07, 6.45) is 62.8. The highest BCUT2D eigenvalue weighted by atomic mass is 16.7. The van der Waals surface area contributed by atoms with Crippen LogP contribution in [-0.2, 0) is 42.9 Å². The fourth-order valence-electron chi connectivity index (χ4n) is 8.14. The predicted octanol–water partition coefficient (Wildman–Crippen LogP) is 15.8. The molecule has 0 aromatic carbocycles. The normalized spacial score (nSPS) is 18.8. The first-order valence-electron chi connectivity index (χ1n) is 30.2. The van der Waals surface area contributed by atoms with Crippen molar-refractivity contribution in [2.45, 2.75) is 250 Å². The quantitative estimate of drug-likeness (QED) is 0.0228. The van der Waals surface area contributed by atoms with Crippen molar-refractivity contribution in [2.75, 3.05) is 13.2 Å². The molecule has 444 valence electrons. The number of ether oxygens (including phenoxy) is 5. The SMILES string of the molecule is CC/C=C\C/C=C\C/C=C\C/C=C\C/C=C\CCCC(=O)OC(COC(=O)CCCCCCCC/C=C\C/C=C\C/C=C\C/C=C\CC)COC1OC(C(=O)O)C(O)C(O)C1OC(=O)CCCCCCC/C=C\C/C=C\CCC. The van der Waals surface area contributed by atoms with Crippen LogP contribution in [0.2, 0.25) is 0 Å². The standard InChI is InChI=1S/C67H104O12/c1-4-7-10-13-16-19-22-25-27-29-30-32-33-36-38-41-44-47-50-53-59(68)75-56-58(77-60(69)54-51-48-45-42-40-37-34-31-28-26-23-20-17-14-11-8-5-2)57-76-67-65(63(72)62(71)64(79-67)66(73)74)78-61(70)55-52-49-46-43-39-35-24-21-18-15-12-9-6-3/h7-8,10-12,15-17,19-21,24-28,30,32,34,37,42,45,58,62-65,67,71-72H,4-6,9,13-14,18,22-23,29,31,33,35-36,38-41,43-44,46-57H2,1-3H3,(H,73,74)/b10-7-,11-8-,15-12-,19-16-,20-17-,24-21-,27-25-,28-26-,32-30-,37-34-,45-42-. The van der Waals surface area contributed by atoms with Gasteiger partial charge in [0, 0.05) is 19.3 Å². The molecule has 12 heteroatoms. The van der Waals surface area contributed by atoms with Gasteiger partial charge in [-0.15, -0.1) is 0 Å². The van der Waals surface area contributed by atoms with E-state index in [9.17, 15) is 34.5 Å². The van der Waals surface area contributed by atoms with E-state index in [1.54, 1.807) is 0 Å². The number of aliphatic carboxylic acids is 1. The molecule has 0 spiro atoms. The van der Waals surface area contributed by atoms with Crippen LogP contribution >= 0.6 is 0 Å². The van der Waals surface area contributed by atoms with Crippen LogP contribution in [0.15, 0.2) is 134 Å². The smallest absolute Gasteiger partial charge is 0.335 e. The third-order valence-corrected chi connectivity index (χ3v) is 12.7. The van der Waals surface area contributed by atoms with E-state index in [-0.39, 0.29) is 25.9 Å². The lowest BCUT2D eigenvalue weighted by Gasteiger charge is -2.40. The Balaban J connectivity index is 2.75. The maximum atomic E-state index is 13.1. The first kappa shape index (κ1) is 71.9. The van der Waals surface area contributed by atoms with Crippen LogP contribution in [-0.4, -0.2) is 89.2 Å². The zero-order chi connectivity index (χ0) is 57.5. The summed E-state index contributed by atoms with van der Waals surface area (Å²) in [4.78, 5) is 51.2. The van der Waals surface area contributed by atoms with Gasteiger partial charge in [0.1, 0.15) is 18.8 Å². The Labute approximate surface area is 477 Å². The molecular weight excluding hydrogens is 997 g/mol. The topological polar surface area (TPSA) is 175 Å². The number of unbranched alkanes of at least 4 members (excludes halogenated alkanes) is 13. The van der Waals surface area contributed by atoms with Gasteiger partial charge in [0.05, 0.1) is 6.61 Å². The van der Waals surface area contributed by atoms with Crippen molar-refractivity contribution in [1.29, 1.82) is 0 Å². The molecule has 6 unspecified atom stereocenters. The minimum Gasteiger partial charge on any atom is -0.479 e. The van der Waals surface area contributed by atoms with E-state index in [4.69, 9.17) is 23.7 Å². The number of aliphatic hydroxyl groups is 2. The summed E-state index contributed by atoms with van der Waals surface area (Å²) in [7, 11) is 0.